The van der Waals surface area contributed by atoms with Gasteiger partial charge < -0.3 is 9.80 Å². The maximum atomic E-state index is 12.7. The average molecular weight is 397 g/mol. The van der Waals surface area contributed by atoms with E-state index >= 15 is 0 Å². The van der Waals surface area contributed by atoms with E-state index in [4.69, 9.17) is 0 Å². The number of piperazine rings is 1. The van der Waals surface area contributed by atoms with Gasteiger partial charge in [-0.15, -0.1) is 0 Å². The van der Waals surface area contributed by atoms with Gasteiger partial charge in [0.2, 0.25) is 11.8 Å². The summed E-state index contributed by atoms with van der Waals surface area (Å²) in [6.07, 6.45) is 0.908. The average Bonchev–Trinajstić information content (AvgIpc) is 3.07. The fourth-order valence-corrected chi connectivity index (χ4v) is 5.26. The third-order valence-corrected chi connectivity index (χ3v) is 6.79. The molecule has 0 spiro atoms. The molecule has 2 aromatic rings. The van der Waals surface area contributed by atoms with Crippen LogP contribution in [0.15, 0.2) is 42.5 Å². The van der Waals surface area contributed by atoms with Crippen LogP contribution in [0.4, 0.5) is 0 Å². The van der Waals surface area contributed by atoms with Gasteiger partial charge in [0.05, 0.1) is 0 Å². The predicted octanol–water partition coefficient (Wildman–Crippen LogP) is 2.20. The third kappa shape index (κ3) is 3.74. The van der Waals surface area contributed by atoms with Gasteiger partial charge in [0.25, 0.3) is 0 Å². The second kappa shape index (κ2) is 7.87. The van der Waals surface area contributed by atoms with Gasteiger partial charge in [-0.25, -0.2) is 0 Å². The molecule has 6 heteroatoms. The molecule has 146 valence electrons. The maximum Gasteiger partial charge on any atom is 0.235 e. The Labute approximate surface area is 167 Å². The number of hydrogen-bond acceptors (Lipinski definition) is 3. The molecule has 28 heavy (non-hydrogen) atoms. The normalized spacial score (nSPS) is 16.5. The van der Waals surface area contributed by atoms with Crippen molar-refractivity contribution in [1.82, 2.24) is 9.80 Å². The summed E-state index contributed by atoms with van der Waals surface area (Å²) in [6.45, 7) is 3.68. The van der Waals surface area contributed by atoms with Crippen molar-refractivity contribution in [3.8, 4) is 11.1 Å². The smallest absolute Gasteiger partial charge is 0.235 e. The first-order valence-corrected chi connectivity index (χ1v) is 11.1. The Morgan fingerprint density at radius 3 is 2.36 bits per heavy atom. The highest BCUT2D eigenvalue weighted by Crippen LogP contribution is 2.39. The number of carbonyl (C=O) groups is 2. The van der Waals surface area contributed by atoms with Crippen molar-refractivity contribution in [2.24, 2.45) is 0 Å². The fraction of sp³-hybridized carbons (Fsp3) is 0.364. The van der Waals surface area contributed by atoms with Crippen LogP contribution in [0.25, 0.3) is 11.1 Å². The van der Waals surface area contributed by atoms with Crippen molar-refractivity contribution in [3.05, 3.63) is 59.2 Å². The van der Waals surface area contributed by atoms with Crippen molar-refractivity contribution >= 4 is 22.6 Å². The van der Waals surface area contributed by atoms with E-state index in [1.807, 2.05) is 24.3 Å². The lowest BCUT2D eigenvalue weighted by Crippen LogP contribution is -2.51. The lowest BCUT2D eigenvalue weighted by Gasteiger charge is -2.34. The summed E-state index contributed by atoms with van der Waals surface area (Å²) < 4.78 is 12.7. The highest BCUT2D eigenvalue weighted by Gasteiger charge is 2.25. The molecule has 0 saturated carbocycles. The van der Waals surface area contributed by atoms with Crippen molar-refractivity contribution in [3.63, 3.8) is 0 Å². The minimum absolute atomic E-state index is 0.0331. The van der Waals surface area contributed by atoms with Crippen LogP contribution in [-0.2, 0) is 32.6 Å². The van der Waals surface area contributed by atoms with Gasteiger partial charge in [0, 0.05) is 49.7 Å². The Hall–Kier alpha value is -2.47. The number of amides is 2. The van der Waals surface area contributed by atoms with Crippen LogP contribution in [-0.4, -0.2) is 57.8 Å². The predicted molar refractivity (Wildman–Crippen MR) is 110 cm³/mol. The zero-order chi connectivity index (χ0) is 19.7. The molecule has 0 N–H and O–H groups in total. The summed E-state index contributed by atoms with van der Waals surface area (Å²) in [6, 6.07) is 14.5. The molecule has 1 atom stereocenters. The van der Waals surface area contributed by atoms with Crippen molar-refractivity contribution in [2.75, 3.05) is 31.9 Å². The molecular formula is C22H24N2O3S. The first kappa shape index (κ1) is 18.9. The van der Waals surface area contributed by atoms with Crippen LogP contribution in [0.2, 0.25) is 0 Å². The molecule has 1 unspecified atom stereocenters. The number of benzene rings is 2. The zero-order valence-corrected chi connectivity index (χ0v) is 16.8. The van der Waals surface area contributed by atoms with E-state index in [1.54, 1.807) is 16.7 Å². The molecule has 1 aliphatic heterocycles. The Morgan fingerprint density at radius 2 is 1.61 bits per heavy atom. The first-order chi connectivity index (χ1) is 13.5. The maximum absolute atomic E-state index is 12.7. The Balaban J connectivity index is 1.42. The second-order valence-electron chi connectivity index (χ2n) is 7.40. The van der Waals surface area contributed by atoms with Crippen LogP contribution in [0.5, 0.6) is 0 Å². The van der Waals surface area contributed by atoms with E-state index in [0.717, 1.165) is 12.0 Å². The summed E-state index contributed by atoms with van der Waals surface area (Å²) in [5, 5.41) is 0. The van der Waals surface area contributed by atoms with Gasteiger partial charge in [-0.2, -0.15) is 0 Å². The quantitative estimate of drug-likeness (QED) is 0.679. The summed E-state index contributed by atoms with van der Waals surface area (Å²) in [5.74, 6) is 0.366. The summed E-state index contributed by atoms with van der Waals surface area (Å²) in [5.41, 5.74) is 6.03. The molecule has 1 saturated heterocycles. The second-order valence-corrected chi connectivity index (χ2v) is 8.86. The zero-order valence-electron chi connectivity index (χ0n) is 16.0. The minimum atomic E-state index is -1.26. The van der Waals surface area contributed by atoms with Crippen molar-refractivity contribution < 1.29 is 13.8 Å². The van der Waals surface area contributed by atoms with Gasteiger partial charge in [-0.1, -0.05) is 42.5 Å². The van der Waals surface area contributed by atoms with Crippen LogP contribution in [0, 0.1) is 0 Å². The molecule has 0 aromatic heterocycles. The van der Waals surface area contributed by atoms with E-state index in [0.29, 0.717) is 31.9 Å². The molecule has 2 aromatic carbocycles. The highest BCUT2D eigenvalue weighted by atomic mass is 32.2. The molecule has 1 aliphatic carbocycles. The van der Waals surface area contributed by atoms with Crippen LogP contribution < -0.4 is 0 Å². The van der Waals surface area contributed by atoms with Crippen molar-refractivity contribution in [1.29, 1.82) is 0 Å². The minimum Gasteiger partial charge on any atom is -0.339 e. The number of carbonyl (C=O) groups excluding carboxylic acids is 2. The van der Waals surface area contributed by atoms with E-state index in [2.05, 4.69) is 18.2 Å². The number of nitrogens with zero attached hydrogens (tertiary/aromatic N) is 2. The Morgan fingerprint density at radius 1 is 0.929 bits per heavy atom. The van der Waals surface area contributed by atoms with E-state index in [1.165, 1.54) is 22.3 Å². The molecule has 0 radical (unpaired) electrons. The van der Waals surface area contributed by atoms with Crippen LogP contribution in [0.1, 0.15) is 23.6 Å². The van der Waals surface area contributed by atoms with Gasteiger partial charge in [0.1, 0.15) is 5.75 Å². The summed E-state index contributed by atoms with van der Waals surface area (Å²) in [4.78, 5) is 27.4. The van der Waals surface area contributed by atoms with Gasteiger partial charge in [-0.3, -0.25) is 13.8 Å². The molecule has 1 heterocycles. The van der Waals surface area contributed by atoms with E-state index in [-0.39, 0.29) is 17.6 Å². The molecule has 0 bridgehead atoms. The van der Waals surface area contributed by atoms with E-state index < -0.39 is 10.8 Å². The lowest BCUT2D eigenvalue weighted by molar-refractivity contribution is -0.136. The molecule has 2 aliphatic rings. The monoisotopic (exact) mass is 396 g/mol. The summed E-state index contributed by atoms with van der Waals surface area (Å²) in [7, 11) is -1.26. The molecule has 1 fully saturated rings. The van der Waals surface area contributed by atoms with Gasteiger partial charge in [-0.05, 0) is 34.2 Å². The van der Waals surface area contributed by atoms with E-state index in [9.17, 15) is 13.8 Å². The van der Waals surface area contributed by atoms with Gasteiger partial charge in [0.15, 0.2) is 0 Å². The summed E-state index contributed by atoms with van der Waals surface area (Å²) >= 11 is 0. The molecule has 2 amide bonds. The Bertz CT molecular complexity index is 949. The number of rotatable bonds is 4. The molecular weight excluding hydrogens is 372 g/mol. The van der Waals surface area contributed by atoms with Crippen LogP contribution >= 0.6 is 0 Å². The number of fused-ring (bicyclic) bond motifs is 3. The molecule has 5 nitrogen and oxygen atoms in total. The van der Waals surface area contributed by atoms with Gasteiger partial charge >= 0.3 is 0 Å². The topological polar surface area (TPSA) is 57.7 Å². The largest absolute Gasteiger partial charge is 0.339 e. The SMILES string of the molecule is CC(=O)N1CCN(C(=O)CS(=O)Cc2cccc3c2-c2ccccc2C3)CC1. The Kier molecular flexibility index (Phi) is 5.31. The third-order valence-electron chi connectivity index (χ3n) is 5.58. The highest BCUT2D eigenvalue weighted by molar-refractivity contribution is 7.84. The fourth-order valence-electron chi connectivity index (χ4n) is 4.11. The molecule has 4 rings (SSSR count). The standard InChI is InChI=1S/C22H24N2O3S/c1-16(25)23-9-11-24(12-10-23)21(26)15-28(27)14-19-7-4-6-18-13-17-5-2-3-8-20(17)22(18)19/h2-8H,9-15H2,1H3. The van der Waals surface area contributed by atoms with Crippen LogP contribution in [0.3, 0.4) is 0 Å². The lowest BCUT2D eigenvalue weighted by atomic mass is 10.0. The number of hydrogen-bond donors (Lipinski definition) is 0. The first-order valence-electron chi connectivity index (χ1n) is 9.60. The van der Waals surface area contributed by atoms with Crippen molar-refractivity contribution in [2.45, 2.75) is 19.1 Å².